The summed E-state index contributed by atoms with van der Waals surface area (Å²) in [6.07, 6.45) is -1.74. The maximum atomic E-state index is 14.0. The first-order valence-electron chi connectivity index (χ1n) is 9.80. The molecule has 0 N–H and O–H groups in total. The molecule has 31 heavy (non-hydrogen) atoms. The lowest BCUT2D eigenvalue weighted by atomic mass is 10.2. The van der Waals surface area contributed by atoms with Crippen LogP contribution >= 0.6 is 11.6 Å². The highest BCUT2D eigenvalue weighted by Crippen LogP contribution is 2.21. The van der Waals surface area contributed by atoms with Gasteiger partial charge in [0.25, 0.3) is 0 Å². The molecule has 0 bridgehead atoms. The summed E-state index contributed by atoms with van der Waals surface area (Å²) < 4.78 is 53.0. The monoisotopic (exact) mass is 461 g/mol. The van der Waals surface area contributed by atoms with Gasteiger partial charge in [0.1, 0.15) is 18.2 Å². The van der Waals surface area contributed by atoms with Gasteiger partial charge in [-0.1, -0.05) is 17.7 Å². The second-order valence-electron chi connectivity index (χ2n) is 7.62. The fourth-order valence-corrected chi connectivity index (χ4v) is 3.74. The maximum Gasteiger partial charge on any atom is 0.406 e. The number of halogens is 5. The number of nitrogens with zero attached hydrogens (tertiary/aromatic N) is 5. The van der Waals surface area contributed by atoms with Crippen LogP contribution in [0.15, 0.2) is 30.6 Å². The third-order valence-electron chi connectivity index (χ3n) is 5.14. The Morgan fingerprint density at radius 2 is 1.94 bits per heavy atom. The van der Waals surface area contributed by atoms with Gasteiger partial charge in [-0.25, -0.2) is 9.37 Å². The van der Waals surface area contributed by atoms with Crippen LogP contribution in [0.4, 0.5) is 17.6 Å². The van der Waals surface area contributed by atoms with Crippen LogP contribution in [0.3, 0.4) is 0 Å². The van der Waals surface area contributed by atoms with Gasteiger partial charge in [-0.3, -0.25) is 14.6 Å². The molecule has 1 aliphatic rings. The van der Waals surface area contributed by atoms with Gasteiger partial charge in [0.2, 0.25) is 5.91 Å². The first kappa shape index (κ1) is 23.5. The summed E-state index contributed by atoms with van der Waals surface area (Å²) in [5.74, 6) is -0.212. The minimum atomic E-state index is -4.34. The molecule has 0 radical (unpaired) electrons. The molecule has 1 aromatic carbocycles. The quantitative estimate of drug-likeness (QED) is 0.595. The molecular formula is C20H24ClF4N5O. The average Bonchev–Trinajstić information content (AvgIpc) is 3.10. The largest absolute Gasteiger partial charge is 0.406 e. The van der Waals surface area contributed by atoms with Crippen LogP contribution in [-0.4, -0.2) is 76.1 Å². The van der Waals surface area contributed by atoms with E-state index in [1.54, 1.807) is 29.0 Å². The predicted molar refractivity (Wildman–Crippen MR) is 108 cm³/mol. The fourth-order valence-electron chi connectivity index (χ4n) is 3.52. The number of aromatic nitrogens is 2. The van der Waals surface area contributed by atoms with Gasteiger partial charge >= 0.3 is 6.18 Å². The second-order valence-corrected chi connectivity index (χ2v) is 8.02. The molecule has 2 heterocycles. The Balaban J connectivity index is 1.47. The minimum absolute atomic E-state index is 0.0675. The van der Waals surface area contributed by atoms with Gasteiger partial charge in [-0.2, -0.15) is 13.2 Å². The highest BCUT2D eigenvalue weighted by molar-refractivity contribution is 6.31. The van der Waals surface area contributed by atoms with Crippen LogP contribution in [0.2, 0.25) is 5.02 Å². The number of carbonyl (C=O) groups is 1. The number of imidazole rings is 1. The van der Waals surface area contributed by atoms with Crippen LogP contribution in [-0.2, 0) is 24.4 Å². The highest BCUT2D eigenvalue weighted by atomic mass is 35.5. The smallest absolute Gasteiger partial charge is 0.339 e. The number of carbonyl (C=O) groups excluding carboxylic acids is 1. The Kier molecular flexibility index (Phi) is 7.55. The average molecular weight is 462 g/mol. The number of benzene rings is 1. The van der Waals surface area contributed by atoms with E-state index >= 15 is 0 Å². The second kappa shape index (κ2) is 9.97. The lowest BCUT2D eigenvalue weighted by molar-refractivity contribution is -0.141. The van der Waals surface area contributed by atoms with Gasteiger partial charge in [-0.05, 0) is 19.2 Å². The van der Waals surface area contributed by atoms with Crippen molar-refractivity contribution >= 4 is 17.5 Å². The summed E-state index contributed by atoms with van der Waals surface area (Å²) in [7, 11) is 1.67. The maximum absolute atomic E-state index is 14.0. The van der Waals surface area contributed by atoms with Crippen molar-refractivity contribution in [3.63, 3.8) is 0 Å². The number of hydrogen-bond acceptors (Lipinski definition) is 4. The van der Waals surface area contributed by atoms with E-state index in [9.17, 15) is 22.4 Å². The topological polar surface area (TPSA) is 44.6 Å². The van der Waals surface area contributed by atoms with Gasteiger partial charge < -0.3 is 9.47 Å². The summed E-state index contributed by atoms with van der Waals surface area (Å²) in [5.41, 5.74) is 0.443. The van der Waals surface area contributed by atoms with Crippen molar-refractivity contribution < 1.29 is 22.4 Å². The SMILES string of the molecule is CN(CC(=O)N1CCN(Cc2c(F)cccc2Cl)CC1)Cc1nccn1CC(F)(F)F. The Hall–Kier alpha value is -2.17. The molecule has 1 fully saturated rings. The molecule has 1 amide bonds. The Morgan fingerprint density at radius 1 is 1.23 bits per heavy atom. The van der Waals surface area contributed by atoms with Crippen molar-refractivity contribution in [3.05, 3.63) is 52.8 Å². The highest BCUT2D eigenvalue weighted by Gasteiger charge is 2.29. The number of amides is 1. The van der Waals surface area contributed by atoms with Gasteiger partial charge in [0.05, 0.1) is 13.1 Å². The summed E-state index contributed by atoms with van der Waals surface area (Å²) in [6, 6.07) is 4.58. The Labute approximate surface area is 183 Å². The Bertz CT molecular complexity index is 876. The first-order valence-corrected chi connectivity index (χ1v) is 10.2. The number of likely N-dealkylation sites (N-methyl/N-ethyl adjacent to an activating group) is 1. The zero-order chi connectivity index (χ0) is 22.6. The molecule has 1 aliphatic heterocycles. The number of hydrogen-bond donors (Lipinski definition) is 0. The van der Waals surface area contributed by atoms with Crippen LogP contribution in [0.25, 0.3) is 0 Å². The molecule has 0 unspecified atom stereocenters. The van der Waals surface area contributed by atoms with Crippen molar-refractivity contribution in [2.24, 2.45) is 0 Å². The van der Waals surface area contributed by atoms with Gasteiger partial charge in [0.15, 0.2) is 0 Å². The predicted octanol–water partition coefficient (Wildman–Crippen LogP) is 3.01. The fraction of sp³-hybridized carbons (Fsp3) is 0.500. The lowest BCUT2D eigenvalue weighted by Gasteiger charge is -2.35. The molecular weight excluding hydrogens is 438 g/mol. The Morgan fingerprint density at radius 3 is 2.58 bits per heavy atom. The number of rotatable bonds is 7. The minimum Gasteiger partial charge on any atom is -0.339 e. The molecule has 3 rings (SSSR count). The van der Waals surface area contributed by atoms with E-state index in [2.05, 4.69) is 4.98 Å². The standard InChI is InChI=1S/C20H24ClF4N5O/c1-27(12-18-26-5-6-30(18)14-20(23,24)25)13-19(31)29-9-7-28(8-10-29)11-15-16(21)3-2-4-17(15)22/h2-6H,7-14H2,1H3. The molecule has 6 nitrogen and oxygen atoms in total. The molecule has 0 spiro atoms. The third kappa shape index (κ3) is 6.65. The number of alkyl halides is 3. The van der Waals surface area contributed by atoms with Crippen molar-refractivity contribution in [1.29, 1.82) is 0 Å². The van der Waals surface area contributed by atoms with Gasteiger partial charge in [0, 0.05) is 55.7 Å². The van der Waals surface area contributed by atoms with E-state index in [1.807, 2.05) is 4.90 Å². The van der Waals surface area contributed by atoms with E-state index in [-0.39, 0.29) is 30.6 Å². The van der Waals surface area contributed by atoms with E-state index in [1.165, 1.54) is 18.5 Å². The summed E-state index contributed by atoms with van der Waals surface area (Å²) in [5, 5.41) is 0.379. The molecule has 0 saturated carbocycles. The summed E-state index contributed by atoms with van der Waals surface area (Å²) in [6.45, 7) is 1.58. The summed E-state index contributed by atoms with van der Waals surface area (Å²) in [4.78, 5) is 22.0. The van der Waals surface area contributed by atoms with Gasteiger partial charge in [-0.15, -0.1) is 0 Å². The molecule has 2 aromatic rings. The van der Waals surface area contributed by atoms with Crippen molar-refractivity contribution in [3.8, 4) is 0 Å². The van der Waals surface area contributed by atoms with Crippen molar-refractivity contribution in [2.75, 3.05) is 39.8 Å². The van der Waals surface area contributed by atoms with Crippen LogP contribution in [0.1, 0.15) is 11.4 Å². The third-order valence-corrected chi connectivity index (χ3v) is 5.49. The van der Waals surface area contributed by atoms with Crippen molar-refractivity contribution in [2.45, 2.75) is 25.8 Å². The first-order chi connectivity index (χ1) is 14.6. The van der Waals surface area contributed by atoms with Crippen LogP contribution in [0.5, 0.6) is 0 Å². The number of piperazine rings is 1. The van der Waals surface area contributed by atoms with E-state index in [0.29, 0.717) is 43.3 Å². The zero-order valence-corrected chi connectivity index (χ0v) is 17.8. The van der Waals surface area contributed by atoms with Crippen LogP contribution < -0.4 is 0 Å². The van der Waals surface area contributed by atoms with E-state index in [0.717, 1.165) is 4.57 Å². The molecule has 1 aromatic heterocycles. The molecule has 11 heteroatoms. The van der Waals surface area contributed by atoms with Crippen molar-refractivity contribution in [1.82, 2.24) is 24.3 Å². The molecule has 1 saturated heterocycles. The van der Waals surface area contributed by atoms with E-state index < -0.39 is 12.7 Å². The lowest BCUT2D eigenvalue weighted by Crippen LogP contribution is -2.50. The normalized spacial score (nSPS) is 15.6. The van der Waals surface area contributed by atoms with E-state index in [4.69, 9.17) is 11.6 Å². The van der Waals surface area contributed by atoms with Crippen LogP contribution in [0, 0.1) is 5.82 Å². The zero-order valence-electron chi connectivity index (χ0n) is 17.1. The molecule has 0 aliphatic carbocycles. The summed E-state index contributed by atoms with van der Waals surface area (Å²) >= 11 is 6.08. The molecule has 0 atom stereocenters. The molecule has 170 valence electrons.